The first-order valence-electron chi connectivity index (χ1n) is 10.7. The van der Waals surface area contributed by atoms with Gasteiger partial charge in [-0.3, -0.25) is 4.79 Å². The standard InChI is InChI=1S/C23H34N4O2/c1-15(2)6-11-20-25-26-21(27(20)19-9-10-19)12-13-22(28)24-14-18-8-7-16(3)17(4)23(18)29-5/h7-8,15,19H,6,9-14H2,1-5H3,(H,24,28). The van der Waals surface area contributed by atoms with Crippen LogP contribution in [-0.4, -0.2) is 27.8 Å². The van der Waals surface area contributed by atoms with Crippen molar-refractivity contribution in [1.29, 1.82) is 0 Å². The van der Waals surface area contributed by atoms with Gasteiger partial charge in [-0.2, -0.15) is 0 Å². The third kappa shape index (κ3) is 5.37. The summed E-state index contributed by atoms with van der Waals surface area (Å²) in [5.41, 5.74) is 3.30. The maximum Gasteiger partial charge on any atom is 0.220 e. The van der Waals surface area contributed by atoms with Crippen LogP contribution in [0, 0.1) is 19.8 Å². The molecule has 3 rings (SSSR count). The summed E-state index contributed by atoms with van der Waals surface area (Å²) in [6.45, 7) is 9.03. The molecule has 1 saturated carbocycles. The Balaban J connectivity index is 1.57. The van der Waals surface area contributed by atoms with Gasteiger partial charge < -0.3 is 14.6 Å². The Kier molecular flexibility index (Phi) is 6.93. The zero-order chi connectivity index (χ0) is 21.0. The number of nitrogens with one attached hydrogen (secondary N) is 1. The molecule has 0 spiro atoms. The minimum atomic E-state index is 0.0272. The highest BCUT2D eigenvalue weighted by Gasteiger charge is 2.29. The van der Waals surface area contributed by atoms with E-state index in [1.165, 1.54) is 18.4 Å². The molecule has 0 bridgehead atoms. The molecule has 1 aliphatic rings. The van der Waals surface area contributed by atoms with Crippen LogP contribution >= 0.6 is 0 Å². The van der Waals surface area contributed by atoms with Crippen LogP contribution in [0.15, 0.2) is 12.1 Å². The largest absolute Gasteiger partial charge is 0.496 e. The Morgan fingerprint density at radius 2 is 1.90 bits per heavy atom. The Labute approximate surface area is 174 Å². The van der Waals surface area contributed by atoms with Crippen molar-refractivity contribution in [3.8, 4) is 5.75 Å². The number of methoxy groups -OCH3 is 1. The number of benzene rings is 1. The van der Waals surface area contributed by atoms with Crippen LogP contribution in [-0.2, 0) is 24.2 Å². The quantitative estimate of drug-likeness (QED) is 0.655. The van der Waals surface area contributed by atoms with Gasteiger partial charge in [-0.25, -0.2) is 0 Å². The van der Waals surface area contributed by atoms with Crippen LogP contribution in [0.1, 0.15) is 73.9 Å². The molecule has 0 unspecified atom stereocenters. The highest BCUT2D eigenvalue weighted by atomic mass is 16.5. The number of hydrogen-bond donors (Lipinski definition) is 1. The van der Waals surface area contributed by atoms with E-state index in [1.54, 1.807) is 7.11 Å². The van der Waals surface area contributed by atoms with E-state index in [-0.39, 0.29) is 5.91 Å². The third-order valence-electron chi connectivity index (χ3n) is 5.71. The van der Waals surface area contributed by atoms with Gasteiger partial charge in [-0.1, -0.05) is 26.0 Å². The highest BCUT2D eigenvalue weighted by molar-refractivity contribution is 5.76. The summed E-state index contributed by atoms with van der Waals surface area (Å²) in [4.78, 5) is 12.5. The molecule has 6 nitrogen and oxygen atoms in total. The number of nitrogens with zero attached hydrogens (tertiary/aromatic N) is 3. The zero-order valence-corrected chi connectivity index (χ0v) is 18.4. The van der Waals surface area contributed by atoms with Gasteiger partial charge in [-0.05, 0) is 50.2 Å². The second-order valence-electron chi connectivity index (χ2n) is 8.54. The summed E-state index contributed by atoms with van der Waals surface area (Å²) in [7, 11) is 1.68. The van der Waals surface area contributed by atoms with E-state index in [1.807, 2.05) is 13.0 Å². The summed E-state index contributed by atoms with van der Waals surface area (Å²) in [5, 5.41) is 11.9. The monoisotopic (exact) mass is 398 g/mol. The van der Waals surface area contributed by atoms with Crippen molar-refractivity contribution in [2.45, 2.75) is 78.8 Å². The molecule has 0 saturated heterocycles. The van der Waals surface area contributed by atoms with Gasteiger partial charge in [0.25, 0.3) is 0 Å². The van der Waals surface area contributed by atoms with Crippen molar-refractivity contribution in [1.82, 2.24) is 20.1 Å². The van der Waals surface area contributed by atoms with Crippen molar-refractivity contribution in [2.75, 3.05) is 7.11 Å². The summed E-state index contributed by atoms with van der Waals surface area (Å²) in [6.07, 6.45) is 5.50. The van der Waals surface area contributed by atoms with Crippen LogP contribution in [0.5, 0.6) is 5.75 Å². The molecule has 1 N–H and O–H groups in total. The summed E-state index contributed by atoms with van der Waals surface area (Å²) in [5.74, 6) is 3.56. The van der Waals surface area contributed by atoms with Crippen LogP contribution < -0.4 is 10.1 Å². The summed E-state index contributed by atoms with van der Waals surface area (Å²) in [6, 6.07) is 4.62. The molecule has 0 atom stereocenters. The molecule has 2 aromatic rings. The topological polar surface area (TPSA) is 69.0 Å². The maximum absolute atomic E-state index is 12.5. The van der Waals surface area contributed by atoms with E-state index < -0.39 is 0 Å². The second kappa shape index (κ2) is 9.42. The number of carbonyl (C=O) groups excluding carboxylic acids is 1. The van der Waals surface area contributed by atoms with Crippen LogP contribution in [0.25, 0.3) is 0 Å². The molecule has 1 heterocycles. The average molecular weight is 399 g/mol. The van der Waals surface area contributed by atoms with Gasteiger partial charge in [0, 0.05) is 37.4 Å². The Morgan fingerprint density at radius 3 is 2.52 bits per heavy atom. The van der Waals surface area contributed by atoms with Crippen LogP contribution in [0.2, 0.25) is 0 Å². The summed E-state index contributed by atoms with van der Waals surface area (Å²) < 4.78 is 7.83. The predicted molar refractivity (Wildman–Crippen MR) is 114 cm³/mol. The lowest BCUT2D eigenvalue weighted by Crippen LogP contribution is -2.24. The zero-order valence-electron chi connectivity index (χ0n) is 18.4. The fraction of sp³-hybridized carbons (Fsp3) is 0.609. The average Bonchev–Trinajstić information content (AvgIpc) is 3.45. The molecule has 1 aromatic heterocycles. The molecule has 1 fully saturated rings. The normalized spacial score (nSPS) is 13.7. The molecular weight excluding hydrogens is 364 g/mol. The van der Waals surface area contributed by atoms with E-state index in [2.05, 4.69) is 46.9 Å². The van der Waals surface area contributed by atoms with Crippen molar-refractivity contribution in [3.05, 3.63) is 40.5 Å². The smallest absolute Gasteiger partial charge is 0.220 e. The Hall–Kier alpha value is -2.37. The first-order chi connectivity index (χ1) is 13.9. The van der Waals surface area contributed by atoms with Gasteiger partial charge in [0.2, 0.25) is 5.91 Å². The van der Waals surface area contributed by atoms with E-state index in [0.29, 0.717) is 31.3 Å². The number of aromatic nitrogens is 3. The van der Waals surface area contributed by atoms with Gasteiger partial charge in [-0.15, -0.1) is 10.2 Å². The first-order valence-corrected chi connectivity index (χ1v) is 10.7. The minimum Gasteiger partial charge on any atom is -0.496 e. The molecule has 6 heteroatoms. The first kappa shape index (κ1) is 21.3. The molecule has 29 heavy (non-hydrogen) atoms. The minimum absolute atomic E-state index is 0.0272. The summed E-state index contributed by atoms with van der Waals surface area (Å²) >= 11 is 0. The number of aryl methyl sites for hydroxylation is 3. The number of rotatable bonds is 10. The Bertz CT molecular complexity index is 853. The van der Waals surface area contributed by atoms with E-state index in [0.717, 1.165) is 41.4 Å². The van der Waals surface area contributed by atoms with Crippen molar-refractivity contribution >= 4 is 5.91 Å². The molecule has 0 radical (unpaired) electrons. The second-order valence-corrected chi connectivity index (χ2v) is 8.54. The lowest BCUT2D eigenvalue weighted by atomic mass is 10.0. The molecule has 158 valence electrons. The fourth-order valence-electron chi connectivity index (χ4n) is 3.65. The lowest BCUT2D eigenvalue weighted by molar-refractivity contribution is -0.121. The molecule has 1 aliphatic carbocycles. The van der Waals surface area contributed by atoms with Crippen molar-refractivity contribution < 1.29 is 9.53 Å². The van der Waals surface area contributed by atoms with E-state index in [9.17, 15) is 4.79 Å². The van der Waals surface area contributed by atoms with Gasteiger partial charge in [0.05, 0.1) is 7.11 Å². The van der Waals surface area contributed by atoms with Crippen molar-refractivity contribution in [3.63, 3.8) is 0 Å². The van der Waals surface area contributed by atoms with Gasteiger partial charge in [0.15, 0.2) is 0 Å². The molecule has 0 aliphatic heterocycles. The molecule has 1 aromatic carbocycles. The maximum atomic E-state index is 12.5. The fourth-order valence-corrected chi connectivity index (χ4v) is 3.65. The predicted octanol–water partition coefficient (Wildman–Crippen LogP) is 4.08. The number of ether oxygens (including phenoxy) is 1. The van der Waals surface area contributed by atoms with Crippen LogP contribution in [0.4, 0.5) is 0 Å². The van der Waals surface area contributed by atoms with E-state index in [4.69, 9.17) is 4.74 Å². The van der Waals surface area contributed by atoms with Gasteiger partial charge >= 0.3 is 0 Å². The third-order valence-corrected chi connectivity index (χ3v) is 5.71. The number of amides is 1. The van der Waals surface area contributed by atoms with Crippen LogP contribution in [0.3, 0.4) is 0 Å². The van der Waals surface area contributed by atoms with Crippen molar-refractivity contribution in [2.24, 2.45) is 5.92 Å². The molecular formula is C23H34N4O2. The lowest BCUT2D eigenvalue weighted by Gasteiger charge is -2.14. The molecule has 1 amide bonds. The Morgan fingerprint density at radius 1 is 1.21 bits per heavy atom. The SMILES string of the molecule is COc1c(CNC(=O)CCc2nnc(CCC(C)C)n2C2CC2)ccc(C)c1C. The van der Waals surface area contributed by atoms with Gasteiger partial charge in [0.1, 0.15) is 17.4 Å². The highest BCUT2D eigenvalue weighted by Crippen LogP contribution is 2.37. The van der Waals surface area contributed by atoms with E-state index >= 15 is 0 Å². The number of carbonyl (C=O) groups is 1. The number of hydrogen-bond acceptors (Lipinski definition) is 4.